The molecule has 6 nitrogen and oxygen atoms in total. The molecule has 30 heavy (non-hydrogen) atoms. The molecule has 3 rings (SSSR count). The zero-order valence-electron chi connectivity index (χ0n) is 16.5. The lowest BCUT2D eigenvalue weighted by Crippen LogP contribution is -2.51. The third-order valence-corrected chi connectivity index (χ3v) is 5.30. The number of carbonyl (C=O) groups is 2. The summed E-state index contributed by atoms with van der Waals surface area (Å²) in [6.07, 6.45) is 1.50. The summed E-state index contributed by atoms with van der Waals surface area (Å²) in [4.78, 5) is 26.1. The van der Waals surface area contributed by atoms with E-state index in [0.717, 1.165) is 0 Å². The second kappa shape index (κ2) is 9.80. The first-order chi connectivity index (χ1) is 14.3. The summed E-state index contributed by atoms with van der Waals surface area (Å²) in [5.74, 6) is -0.251. The molecule has 1 fully saturated rings. The van der Waals surface area contributed by atoms with Gasteiger partial charge in [0.15, 0.2) is 6.61 Å². The molecule has 1 atom stereocenters. The fourth-order valence-corrected chi connectivity index (χ4v) is 3.87. The number of ether oxygens (including phenoxy) is 2. The molecule has 0 saturated carbocycles. The molecular weight excluding hydrogens is 411 g/mol. The molecule has 2 amide bonds. The first kappa shape index (κ1) is 21.9. The Balaban J connectivity index is 1.65. The van der Waals surface area contributed by atoms with Gasteiger partial charge in [0.2, 0.25) is 5.91 Å². The maximum absolute atomic E-state index is 13.3. The average molecular weight is 435 g/mol. The lowest BCUT2D eigenvalue weighted by atomic mass is 9.77. The van der Waals surface area contributed by atoms with Crippen LogP contribution in [0.4, 0.5) is 4.39 Å². The quantitative estimate of drug-likeness (QED) is 0.690. The minimum absolute atomic E-state index is 0.0993. The largest absolute Gasteiger partial charge is 0.493 e. The standard InChI is InChI=1S/C22H24ClFN2O4/c23-16-4-1-6-18(10-16)30-15-22(12-20(25)27)8-3-9-26(14-22)21(28)13-29-19-7-2-5-17(24)11-19/h1-2,4-7,10-11H,3,8-9,12-15H2,(H2,25,27)/t22-/m1/s1. The smallest absolute Gasteiger partial charge is 0.260 e. The Kier molecular flexibility index (Phi) is 7.15. The van der Waals surface area contributed by atoms with E-state index >= 15 is 0 Å². The van der Waals surface area contributed by atoms with Gasteiger partial charge in [-0.25, -0.2) is 4.39 Å². The van der Waals surface area contributed by atoms with Crippen molar-refractivity contribution < 1.29 is 23.5 Å². The highest BCUT2D eigenvalue weighted by molar-refractivity contribution is 6.30. The number of halogens is 2. The molecule has 8 heteroatoms. The summed E-state index contributed by atoms with van der Waals surface area (Å²) in [5.41, 5.74) is 4.90. The predicted octanol–water partition coefficient (Wildman–Crippen LogP) is 3.42. The Morgan fingerprint density at radius 1 is 1.13 bits per heavy atom. The van der Waals surface area contributed by atoms with E-state index in [0.29, 0.717) is 36.7 Å². The first-order valence-corrected chi connectivity index (χ1v) is 10.1. The number of benzene rings is 2. The molecule has 0 radical (unpaired) electrons. The van der Waals surface area contributed by atoms with Crippen molar-refractivity contribution in [3.8, 4) is 11.5 Å². The summed E-state index contributed by atoms with van der Waals surface area (Å²) in [6, 6.07) is 12.6. The summed E-state index contributed by atoms with van der Waals surface area (Å²) >= 11 is 6.00. The summed E-state index contributed by atoms with van der Waals surface area (Å²) in [5, 5.41) is 0.548. The number of likely N-dealkylation sites (tertiary alicyclic amines) is 1. The molecule has 1 saturated heterocycles. The van der Waals surface area contributed by atoms with Gasteiger partial charge in [-0.05, 0) is 43.2 Å². The van der Waals surface area contributed by atoms with E-state index < -0.39 is 17.1 Å². The topological polar surface area (TPSA) is 81.9 Å². The van der Waals surface area contributed by atoms with Crippen molar-refractivity contribution in [3.63, 3.8) is 0 Å². The third-order valence-electron chi connectivity index (χ3n) is 5.06. The molecule has 1 aliphatic heterocycles. The lowest BCUT2D eigenvalue weighted by Gasteiger charge is -2.42. The van der Waals surface area contributed by atoms with Crippen molar-refractivity contribution in [2.75, 3.05) is 26.3 Å². The molecule has 160 valence electrons. The minimum Gasteiger partial charge on any atom is -0.493 e. The van der Waals surface area contributed by atoms with Crippen molar-refractivity contribution in [3.05, 3.63) is 59.4 Å². The van der Waals surface area contributed by atoms with E-state index in [9.17, 15) is 14.0 Å². The zero-order chi connectivity index (χ0) is 21.6. The number of hydrogen-bond donors (Lipinski definition) is 1. The molecule has 2 aromatic carbocycles. The van der Waals surface area contributed by atoms with Crippen LogP contribution in [0.25, 0.3) is 0 Å². The normalized spacial score (nSPS) is 18.7. The highest BCUT2D eigenvalue weighted by atomic mass is 35.5. The molecule has 0 spiro atoms. The fourth-order valence-electron chi connectivity index (χ4n) is 3.69. The van der Waals surface area contributed by atoms with E-state index in [1.807, 2.05) is 0 Å². The van der Waals surface area contributed by atoms with Gasteiger partial charge in [-0.15, -0.1) is 0 Å². The SMILES string of the molecule is NC(=O)C[C@]1(COc2cccc(Cl)c2)CCCN(C(=O)COc2cccc(F)c2)C1. The van der Waals surface area contributed by atoms with Gasteiger partial charge in [-0.1, -0.05) is 23.7 Å². The van der Waals surface area contributed by atoms with Crippen LogP contribution in [0.1, 0.15) is 19.3 Å². The van der Waals surface area contributed by atoms with Crippen LogP contribution in [0.2, 0.25) is 5.02 Å². The van der Waals surface area contributed by atoms with Crippen molar-refractivity contribution in [1.82, 2.24) is 4.90 Å². The van der Waals surface area contributed by atoms with Crippen LogP contribution in [0.3, 0.4) is 0 Å². The molecule has 0 aromatic heterocycles. The van der Waals surface area contributed by atoms with Crippen molar-refractivity contribution in [1.29, 1.82) is 0 Å². The predicted molar refractivity (Wildman–Crippen MR) is 111 cm³/mol. The van der Waals surface area contributed by atoms with Crippen LogP contribution in [0.15, 0.2) is 48.5 Å². The van der Waals surface area contributed by atoms with Crippen LogP contribution in [-0.4, -0.2) is 43.0 Å². The number of nitrogens with zero attached hydrogens (tertiary/aromatic N) is 1. The van der Waals surface area contributed by atoms with Crippen LogP contribution in [-0.2, 0) is 9.59 Å². The number of rotatable bonds is 8. The summed E-state index contributed by atoms with van der Waals surface area (Å²) < 4.78 is 24.6. The Morgan fingerprint density at radius 3 is 2.57 bits per heavy atom. The maximum Gasteiger partial charge on any atom is 0.260 e. The molecule has 1 aliphatic rings. The highest BCUT2D eigenvalue weighted by Gasteiger charge is 2.39. The Labute approximate surface area is 179 Å². The molecule has 1 heterocycles. The second-order valence-electron chi connectivity index (χ2n) is 7.55. The van der Waals surface area contributed by atoms with Crippen molar-refractivity contribution in [2.45, 2.75) is 19.3 Å². The van der Waals surface area contributed by atoms with E-state index in [1.54, 1.807) is 35.2 Å². The maximum atomic E-state index is 13.3. The van der Waals surface area contributed by atoms with Crippen LogP contribution >= 0.6 is 11.6 Å². The number of hydrogen-bond acceptors (Lipinski definition) is 4. The molecule has 2 aromatic rings. The summed E-state index contributed by atoms with van der Waals surface area (Å²) in [6.45, 7) is 0.876. The van der Waals surface area contributed by atoms with Gasteiger partial charge in [0, 0.05) is 36.0 Å². The number of carbonyl (C=O) groups excluding carboxylic acids is 2. The van der Waals surface area contributed by atoms with Gasteiger partial charge < -0.3 is 20.1 Å². The van der Waals surface area contributed by atoms with Crippen molar-refractivity contribution >= 4 is 23.4 Å². The van der Waals surface area contributed by atoms with Crippen molar-refractivity contribution in [2.24, 2.45) is 11.1 Å². The van der Waals surface area contributed by atoms with E-state index in [4.69, 9.17) is 26.8 Å². The number of nitrogens with two attached hydrogens (primary N) is 1. The Morgan fingerprint density at radius 2 is 1.87 bits per heavy atom. The van der Waals surface area contributed by atoms with Gasteiger partial charge in [0.25, 0.3) is 5.91 Å². The average Bonchev–Trinajstić information content (AvgIpc) is 2.70. The molecule has 0 aliphatic carbocycles. The fraction of sp³-hybridized carbons (Fsp3) is 0.364. The lowest BCUT2D eigenvalue weighted by molar-refractivity contribution is -0.139. The Bertz CT molecular complexity index is 910. The van der Waals surface area contributed by atoms with Gasteiger partial charge >= 0.3 is 0 Å². The third kappa shape index (κ3) is 6.10. The number of piperidine rings is 1. The van der Waals surface area contributed by atoms with E-state index in [2.05, 4.69) is 0 Å². The van der Waals surface area contributed by atoms with Crippen LogP contribution in [0.5, 0.6) is 11.5 Å². The van der Waals surface area contributed by atoms with Crippen LogP contribution < -0.4 is 15.2 Å². The minimum atomic E-state index is -0.596. The van der Waals surface area contributed by atoms with E-state index in [-0.39, 0.29) is 31.3 Å². The summed E-state index contributed by atoms with van der Waals surface area (Å²) in [7, 11) is 0. The molecular formula is C22H24ClFN2O4. The van der Waals surface area contributed by atoms with Gasteiger partial charge in [-0.2, -0.15) is 0 Å². The molecule has 2 N–H and O–H groups in total. The number of amides is 2. The molecule has 0 unspecified atom stereocenters. The van der Waals surface area contributed by atoms with Gasteiger partial charge in [0.1, 0.15) is 17.3 Å². The number of primary amides is 1. The first-order valence-electron chi connectivity index (χ1n) is 9.68. The second-order valence-corrected chi connectivity index (χ2v) is 7.99. The Hall–Kier alpha value is -2.80. The van der Waals surface area contributed by atoms with Crippen LogP contribution in [0, 0.1) is 11.2 Å². The molecule has 0 bridgehead atoms. The zero-order valence-corrected chi connectivity index (χ0v) is 17.2. The monoisotopic (exact) mass is 434 g/mol. The van der Waals surface area contributed by atoms with Gasteiger partial charge in [0.05, 0.1) is 6.61 Å². The highest BCUT2D eigenvalue weighted by Crippen LogP contribution is 2.34. The van der Waals surface area contributed by atoms with E-state index in [1.165, 1.54) is 18.2 Å². The van der Waals surface area contributed by atoms with Gasteiger partial charge in [-0.3, -0.25) is 9.59 Å².